The fourth-order valence-corrected chi connectivity index (χ4v) is 5.77. The van der Waals surface area contributed by atoms with E-state index in [4.69, 9.17) is 11.6 Å². The number of hydrogen-bond donors (Lipinski definition) is 0. The van der Waals surface area contributed by atoms with Crippen molar-refractivity contribution in [3.63, 3.8) is 0 Å². The SMILES string of the molecule is Cc1ccc(S(=O)[C@@H]2[C@@H]3CC[C@@H](C(=O)C3)[C@H]2Cl)cc1. The Labute approximate surface area is 121 Å². The number of halogens is 1. The lowest BCUT2D eigenvalue weighted by Gasteiger charge is -2.44. The van der Waals surface area contributed by atoms with Crippen LogP contribution in [-0.2, 0) is 15.6 Å². The molecule has 3 aliphatic carbocycles. The van der Waals surface area contributed by atoms with Crippen molar-refractivity contribution in [1.82, 2.24) is 0 Å². The van der Waals surface area contributed by atoms with E-state index in [1.54, 1.807) is 0 Å². The van der Waals surface area contributed by atoms with Crippen LogP contribution in [0.25, 0.3) is 0 Å². The van der Waals surface area contributed by atoms with E-state index >= 15 is 0 Å². The van der Waals surface area contributed by atoms with Gasteiger partial charge in [0, 0.05) is 17.2 Å². The Morgan fingerprint density at radius 1 is 1.21 bits per heavy atom. The Bertz CT molecular complexity index is 523. The molecule has 2 nitrogen and oxygen atoms in total. The Kier molecular flexibility index (Phi) is 3.52. The minimum absolute atomic E-state index is 0.0687. The highest BCUT2D eigenvalue weighted by Gasteiger charge is 2.50. The molecule has 1 aromatic carbocycles. The second-order valence-corrected chi connectivity index (χ2v) is 7.75. The molecule has 0 heterocycles. The zero-order chi connectivity index (χ0) is 13.6. The maximum Gasteiger partial charge on any atom is 0.137 e. The number of carbonyl (C=O) groups is 1. The van der Waals surface area contributed by atoms with Gasteiger partial charge in [0.1, 0.15) is 5.78 Å². The van der Waals surface area contributed by atoms with Crippen molar-refractivity contribution in [2.45, 2.75) is 41.7 Å². The molecule has 3 saturated carbocycles. The summed E-state index contributed by atoms with van der Waals surface area (Å²) >= 11 is 6.44. The van der Waals surface area contributed by atoms with Crippen molar-refractivity contribution in [2.24, 2.45) is 11.8 Å². The minimum Gasteiger partial charge on any atom is -0.299 e. The van der Waals surface area contributed by atoms with E-state index in [0.29, 0.717) is 6.42 Å². The maximum atomic E-state index is 12.7. The van der Waals surface area contributed by atoms with Gasteiger partial charge in [-0.1, -0.05) is 17.7 Å². The van der Waals surface area contributed by atoms with Crippen LogP contribution in [0.5, 0.6) is 0 Å². The van der Waals surface area contributed by atoms with Gasteiger partial charge in [-0.15, -0.1) is 11.6 Å². The first-order chi connectivity index (χ1) is 9.08. The Morgan fingerprint density at radius 2 is 1.89 bits per heavy atom. The molecule has 4 heteroatoms. The van der Waals surface area contributed by atoms with Gasteiger partial charge in [-0.3, -0.25) is 9.00 Å². The Hall–Kier alpha value is -0.670. The van der Waals surface area contributed by atoms with Crippen molar-refractivity contribution in [2.75, 3.05) is 0 Å². The van der Waals surface area contributed by atoms with Gasteiger partial charge >= 0.3 is 0 Å². The minimum atomic E-state index is -1.11. The lowest BCUT2D eigenvalue weighted by Crippen LogP contribution is -2.51. The summed E-state index contributed by atoms with van der Waals surface area (Å²) in [4.78, 5) is 12.7. The molecule has 1 aromatic rings. The van der Waals surface area contributed by atoms with E-state index in [2.05, 4.69) is 0 Å². The van der Waals surface area contributed by atoms with Gasteiger partial charge in [0.25, 0.3) is 0 Å². The molecule has 1 unspecified atom stereocenters. The third kappa shape index (κ3) is 2.27. The first-order valence-corrected chi connectivity index (χ1v) is 8.37. The second-order valence-electron chi connectivity index (χ2n) is 5.63. The van der Waals surface area contributed by atoms with E-state index < -0.39 is 10.8 Å². The smallest absolute Gasteiger partial charge is 0.137 e. The molecule has 0 radical (unpaired) electrons. The van der Waals surface area contributed by atoms with Crippen LogP contribution in [0.3, 0.4) is 0 Å². The molecular formula is C15H17ClO2S. The lowest BCUT2D eigenvalue weighted by atomic mass is 9.69. The summed E-state index contributed by atoms with van der Waals surface area (Å²) in [5.41, 5.74) is 1.16. The van der Waals surface area contributed by atoms with E-state index in [0.717, 1.165) is 23.3 Å². The van der Waals surface area contributed by atoms with Crippen LogP contribution in [0.4, 0.5) is 0 Å². The van der Waals surface area contributed by atoms with Crippen LogP contribution in [0.2, 0.25) is 0 Å². The van der Waals surface area contributed by atoms with Crippen LogP contribution in [-0.4, -0.2) is 20.6 Å². The van der Waals surface area contributed by atoms with Crippen LogP contribution in [0.1, 0.15) is 24.8 Å². The van der Waals surface area contributed by atoms with Crippen molar-refractivity contribution in [1.29, 1.82) is 0 Å². The zero-order valence-corrected chi connectivity index (χ0v) is 12.4. The van der Waals surface area contributed by atoms with Crippen molar-refractivity contribution in [3.05, 3.63) is 29.8 Å². The van der Waals surface area contributed by atoms with Gasteiger partial charge in [0.2, 0.25) is 0 Å². The molecule has 0 N–H and O–H groups in total. The monoisotopic (exact) mass is 296 g/mol. The number of carbonyl (C=O) groups excluding carboxylic acids is 1. The van der Waals surface area contributed by atoms with Crippen molar-refractivity contribution >= 4 is 28.2 Å². The Morgan fingerprint density at radius 3 is 2.47 bits per heavy atom. The molecule has 0 spiro atoms. The van der Waals surface area contributed by atoms with Gasteiger partial charge in [-0.05, 0) is 37.8 Å². The van der Waals surface area contributed by atoms with Crippen molar-refractivity contribution < 1.29 is 9.00 Å². The molecule has 3 fully saturated rings. The third-order valence-corrected chi connectivity index (χ3v) is 7.02. The van der Waals surface area contributed by atoms with Crippen LogP contribution in [0.15, 0.2) is 29.2 Å². The first-order valence-electron chi connectivity index (χ1n) is 6.72. The van der Waals surface area contributed by atoms with Crippen LogP contribution >= 0.6 is 11.6 Å². The molecule has 2 bridgehead atoms. The van der Waals surface area contributed by atoms with Gasteiger partial charge in [-0.25, -0.2) is 0 Å². The largest absolute Gasteiger partial charge is 0.299 e. The molecule has 0 saturated heterocycles. The average molecular weight is 297 g/mol. The van der Waals surface area contributed by atoms with E-state index in [9.17, 15) is 9.00 Å². The number of rotatable bonds is 2. The molecule has 19 heavy (non-hydrogen) atoms. The summed E-state index contributed by atoms with van der Waals surface area (Å²) in [6.07, 6.45) is 2.43. The summed E-state index contributed by atoms with van der Waals surface area (Å²) in [6.45, 7) is 2.01. The summed E-state index contributed by atoms with van der Waals surface area (Å²) in [7, 11) is -1.11. The van der Waals surface area contributed by atoms with Crippen LogP contribution < -0.4 is 0 Å². The highest BCUT2D eigenvalue weighted by atomic mass is 35.5. The standard InChI is InChI=1S/C15H17ClO2S/c1-9-2-5-11(6-3-9)19(18)15-10-4-7-12(14(15)16)13(17)8-10/h2-3,5-6,10,12,14-15H,4,7-8H2,1H3/t10-,12+,14-,15-,19?/m1/s1. The summed E-state index contributed by atoms with van der Waals surface area (Å²) < 4.78 is 12.7. The quantitative estimate of drug-likeness (QED) is 0.786. The first kappa shape index (κ1) is 13.3. The van der Waals surface area contributed by atoms with Gasteiger partial charge < -0.3 is 0 Å². The predicted molar refractivity (Wildman–Crippen MR) is 76.9 cm³/mol. The summed E-state index contributed by atoms with van der Waals surface area (Å²) in [6, 6.07) is 7.78. The highest BCUT2D eigenvalue weighted by Crippen LogP contribution is 2.45. The average Bonchev–Trinajstić information content (AvgIpc) is 2.39. The number of Topliss-reactive ketones (excluding diaryl/α,β-unsaturated/α-hetero) is 1. The number of hydrogen-bond acceptors (Lipinski definition) is 2. The van der Waals surface area contributed by atoms with E-state index in [1.807, 2.05) is 31.2 Å². The maximum absolute atomic E-state index is 12.7. The number of benzene rings is 1. The number of aryl methyl sites for hydroxylation is 1. The second kappa shape index (κ2) is 5.02. The molecule has 0 aromatic heterocycles. The van der Waals surface area contributed by atoms with E-state index in [1.165, 1.54) is 0 Å². The number of ketones is 1. The predicted octanol–water partition coefficient (Wildman–Crippen LogP) is 3.08. The normalized spacial score (nSPS) is 35.4. The van der Waals surface area contributed by atoms with Gasteiger partial charge in [0.15, 0.2) is 0 Å². The fourth-order valence-electron chi connectivity index (χ4n) is 3.30. The van der Waals surface area contributed by atoms with Gasteiger partial charge in [0.05, 0.1) is 21.4 Å². The van der Waals surface area contributed by atoms with Gasteiger partial charge in [-0.2, -0.15) is 0 Å². The molecular weight excluding hydrogens is 280 g/mol. The summed E-state index contributed by atoms with van der Waals surface area (Å²) in [5.74, 6) is 0.390. The zero-order valence-electron chi connectivity index (χ0n) is 10.8. The number of fused-ring (bicyclic) bond motifs is 3. The molecule has 0 aliphatic heterocycles. The molecule has 4 rings (SSSR count). The molecule has 5 atom stereocenters. The Balaban J connectivity index is 1.88. The number of alkyl halides is 1. The summed E-state index contributed by atoms with van der Waals surface area (Å²) in [5, 5.41) is -0.331. The third-order valence-electron chi connectivity index (χ3n) is 4.39. The fraction of sp³-hybridized carbons (Fsp3) is 0.533. The highest BCUT2D eigenvalue weighted by molar-refractivity contribution is 7.85. The van der Waals surface area contributed by atoms with Crippen LogP contribution in [0, 0.1) is 18.8 Å². The lowest BCUT2D eigenvalue weighted by molar-refractivity contribution is -0.128. The van der Waals surface area contributed by atoms with Crippen molar-refractivity contribution in [3.8, 4) is 0 Å². The topological polar surface area (TPSA) is 34.1 Å². The molecule has 102 valence electrons. The molecule has 0 amide bonds. The van der Waals surface area contributed by atoms with E-state index in [-0.39, 0.29) is 28.2 Å². The molecule has 3 aliphatic rings.